The molecule has 0 aromatic carbocycles. The molecule has 0 saturated heterocycles. The van der Waals surface area contributed by atoms with Gasteiger partial charge in [0, 0.05) is 6.54 Å². The van der Waals surface area contributed by atoms with Crippen LogP contribution in [-0.4, -0.2) is 68.4 Å². The minimum Gasteiger partial charge on any atom is -0.479 e. The van der Waals surface area contributed by atoms with Gasteiger partial charge < -0.3 is 30.8 Å². The van der Waals surface area contributed by atoms with Crippen LogP contribution in [0.4, 0.5) is 0 Å². The number of nitrogens with one attached hydrogen (secondary N) is 1. The van der Waals surface area contributed by atoms with Crippen LogP contribution in [-0.2, 0) is 9.59 Å². The first-order valence-electron chi connectivity index (χ1n) is 5.55. The number of amides is 1. The Hall–Kier alpha value is -1.22. The first-order valence-corrected chi connectivity index (χ1v) is 5.55. The Labute approximate surface area is 104 Å². The van der Waals surface area contributed by atoms with Gasteiger partial charge in [-0.25, -0.2) is 4.79 Å². The van der Waals surface area contributed by atoms with Gasteiger partial charge in [0.2, 0.25) is 0 Å². The molecule has 18 heavy (non-hydrogen) atoms. The number of hydrogen-bond donors (Lipinski definition) is 6. The summed E-state index contributed by atoms with van der Waals surface area (Å²) in [5.41, 5.74) is 0. The lowest BCUT2D eigenvalue weighted by Gasteiger charge is -2.23. The number of carboxylic acids is 1. The van der Waals surface area contributed by atoms with Gasteiger partial charge >= 0.3 is 5.97 Å². The van der Waals surface area contributed by atoms with Crippen molar-refractivity contribution in [2.45, 2.75) is 44.2 Å². The van der Waals surface area contributed by atoms with Crippen LogP contribution in [0.5, 0.6) is 0 Å². The molecule has 0 heterocycles. The van der Waals surface area contributed by atoms with Crippen LogP contribution in [0.2, 0.25) is 0 Å². The van der Waals surface area contributed by atoms with E-state index in [1.54, 1.807) is 0 Å². The zero-order valence-corrected chi connectivity index (χ0v) is 9.98. The second-order valence-electron chi connectivity index (χ2n) is 3.85. The van der Waals surface area contributed by atoms with Crippen LogP contribution >= 0.6 is 0 Å². The normalized spacial score (nSPS) is 17.6. The van der Waals surface area contributed by atoms with E-state index in [-0.39, 0.29) is 6.54 Å². The number of rotatable bonds is 8. The molecule has 0 unspecified atom stereocenters. The van der Waals surface area contributed by atoms with Crippen molar-refractivity contribution in [1.82, 2.24) is 5.32 Å². The van der Waals surface area contributed by atoms with Crippen molar-refractivity contribution in [3.8, 4) is 0 Å². The molecule has 106 valence electrons. The highest BCUT2D eigenvalue weighted by atomic mass is 16.4. The Kier molecular flexibility index (Phi) is 7.44. The summed E-state index contributed by atoms with van der Waals surface area (Å²) in [5.74, 6) is -2.70. The molecule has 0 radical (unpaired) electrons. The highest BCUT2D eigenvalue weighted by Crippen LogP contribution is 2.06. The summed E-state index contributed by atoms with van der Waals surface area (Å²) < 4.78 is 0. The van der Waals surface area contributed by atoms with Crippen molar-refractivity contribution in [3.63, 3.8) is 0 Å². The van der Waals surface area contributed by atoms with E-state index in [9.17, 15) is 24.9 Å². The molecule has 0 spiro atoms. The second-order valence-corrected chi connectivity index (χ2v) is 3.85. The highest BCUT2D eigenvalue weighted by Gasteiger charge is 2.37. The lowest BCUT2D eigenvalue weighted by Crippen LogP contribution is -2.52. The number of unbranched alkanes of at least 4 members (excludes halogenated alkanes) is 1. The summed E-state index contributed by atoms with van der Waals surface area (Å²) in [6, 6.07) is 0. The summed E-state index contributed by atoms with van der Waals surface area (Å²) in [5, 5.41) is 47.6. The molecule has 8 nitrogen and oxygen atoms in total. The predicted molar refractivity (Wildman–Crippen MR) is 59.6 cm³/mol. The van der Waals surface area contributed by atoms with Gasteiger partial charge in [0.1, 0.15) is 12.2 Å². The molecule has 0 aliphatic carbocycles. The topological polar surface area (TPSA) is 147 Å². The summed E-state index contributed by atoms with van der Waals surface area (Å²) in [4.78, 5) is 21.6. The molecule has 6 N–H and O–H groups in total. The smallest absolute Gasteiger partial charge is 0.335 e. The Balaban J connectivity index is 4.35. The standard InChI is InChI=1S/C10H19NO7/c1-2-3-4-11-9(16)7(14)5(12)6(13)8(15)10(17)18/h5-8,12-15H,2-4H2,1H3,(H,11,16)(H,17,18)/t5-,6-,7-,8+/m0/s1. The first kappa shape index (κ1) is 16.8. The minimum atomic E-state index is -2.28. The third-order valence-corrected chi connectivity index (χ3v) is 2.35. The summed E-state index contributed by atoms with van der Waals surface area (Å²) in [6.45, 7) is 2.18. The van der Waals surface area contributed by atoms with Gasteiger partial charge in [-0.1, -0.05) is 13.3 Å². The summed E-state index contributed by atoms with van der Waals surface area (Å²) in [6.07, 6.45) is -7.04. The van der Waals surface area contributed by atoms with Crippen molar-refractivity contribution in [2.24, 2.45) is 0 Å². The molecule has 0 saturated carbocycles. The monoisotopic (exact) mass is 265 g/mol. The van der Waals surface area contributed by atoms with Gasteiger partial charge in [0.15, 0.2) is 12.2 Å². The Morgan fingerprint density at radius 1 is 1.06 bits per heavy atom. The summed E-state index contributed by atoms with van der Waals surface area (Å²) in [7, 11) is 0. The van der Waals surface area contributed by atoms with Gasteiger partial charge in [0.05, 0.1) is 0 Å². The third kappa shape index (κ3) is 4.96. The van der Waals surface area contributed by atoms with E-state index in [1.807, 2.05) is 6.92 Å². The van der Waals surface area contributed by atoms with E-state index >= 15 is 0 Å². The van der Waals surface area contributed by atoms with Crippen LogP contribution in [0.3, 0.4) is 0 Å². The van der Waals surface area contributed by atoms with Gasteiger partial charge in [-0.2, -0.15) is 0 Å². The van der Waals surface area contributed by atoms with Crippen molar-refractivity contribution >= 4 is 11.9 Å². The fourth-order valence-corrected chi connectivity index (χ4v) is 1.17. The van der Waals surface area contributed by atoms with Gasteiger partial charge in [-0.15, -0.1) is 0 Å². The summed E-state index contributed by atoms with van der Waals surface area (Å²) >= 11 is 0. The van der Waals surface area contributed by atoms with Crippen molar-refractivity contribution in [2.75, 3.05) is 6.54 Å². The van der Waals surface area contributed by atoms with Crippen molar-refractivity contribution in [1.29, 1.82) is 0 Å². The van der Waals surface area contributed by atoms with E-state index in [0.29, 0.717) is 6.42 Å². The van der Waals surface area contributed by atoms with E-state index in [1.165, 1.54) is 0 Å². The fourth-order valence-electron chi connectivity index (χ4n) is 1.17. The Morgan fingerprint density at radius 3 is 2.00 bits per heavy atom. The number of carboxylic acid groups (broad SMARTS) is 1. The largest absolute Gasteiger partial charge is 0.479 e. The van der Waals surface area contributed by atoms with Crippen LogP contribution in [0.1, 0.15) is 19.8 Å². The molecule has 0 aromatic heterocycles. The lowest BCUT2D eigenvalue weighted by atomic mass is 10.0. The SMILES string of the molecule is CCCCNC(=O)[C@@H](O)[C@@H](O)[C@H](O)[C@@H](O)C(=O)O. The van der Waals surface area contributed by atoms with E-state index in [0.717, 1.165) is 6.42 Å². The fraction of sp³-hybridized carbons (Fsp3) is 0.800. The molecule has 0 aliphatic heterocycles. The molecule has 1 amide bonds. The number of carbonyl (C=O) groups excluding carboxylic acids is 1. The highest BCUT2D eigenvalue weighted by molar-refractivity contribution is 5.81. The van der Waals surface area contributed by atoms with Gasteiger partial charge in [-0.3, -0.25) is 4.79 Å². The minimum absolute atomic E-state index is 0.288. The molecular formula is C10H19NO7. The quantitative estimate of drug-likeness (QED) is 0.264. The Bertz CT molecular complexity index is 283. The molecule has 0 aliphatic rings. The molecular weight excluding hydrogens is 246 g/mol. The number of aliphatic hydroxyl groups excluding tert-OH is 4. The maximum absolute atomic E-state index is 11.3. The predicted octanol–water partition coefficient (Wildman–Crippen LogP) is -2.57. The zero-order valence-electron chi connectivity index (χ0n) is 9.98. The van der Waals surface area contributed by atoms with Crippen LogP contribution in [0.25, 0.3) is 0 Å². The zero-order chi connectivity index (χ0) is 14.3. The average molecular weight is 265 g/mol. The molecule has 0 bridgehead atoms. The second kappa shape index (κ2) is 7.98. The number of hydrogen-bond acceptors (Lipinski definition) is 6. The molecule has 0 fully saturated rings. The Morgan fingerprint density at radius 2 is 1.56 bits per heavy atom. The maximum atomic E-state index is 11.3. The van der Waals surface area contributed by atoms with Crippen LogP contribution in [0.15, 0.2) is 0 Å². The molecule has 0 rings (SSSR count). The van der Waals surface area contributed by atoms with Gasteiger partial charge in [0.25, 0.3) is 5.91 Å². The number of aliphatic hydroxyl groups is 4. The first-order chi connectivity index (χ1) is 8.32. The maximum Gasteiger partial charge on any atom is 0.335 e. The van der Waals surface area contributed by atoms with Gasteiger partial charge in [-0.05, 0) is 6.42 Å². The average Bonchev–Trinajstić information content (AvgIpc) is 2.35. The third-order valence-electron chi connectivity index (χ3n) is 2.35. The van der Waals surface area contributed by atoms with Crippen molar-refractivity contribution < 1.29 is 35.1 Å². The van der Waals surface area contributed by atoms with Crippen LogP contribution in [0, 0.1) is 0 Å². The molecule has 8 heteroatoms. The van der Waals surface area contributed by atoms with Crippen LogP contribution < -0.4 is 5.32 Å². The molecule has 4 atom stereocenters. The van der Waals surface area contributed by atoms with Crippen molar-refractivity contribution in [3.05, 3.63) is 0 Å². The number of carbonyl (C=O) groups is 2. The van der Waals surface area contributed by atoms with E-state index in [4.69, 9.17) is 10.2 Å². The lowest BCUT2D eigenvalue weighted by molar-refractivity contribution is -0.166. The van der Waals surface area contributed by atoms with E-state index in [2.05, 4.69) is 5.32 Å². The number of aliphatic carboxylic acids is 1. The van der Waals surface area contributed by atoms with E-state index < -0.39 is 36.3 Å². The molecule has 0 aromatic rings.